The van der Waals surface area contributed by atoms with Gasteiger partial charge in [-0.1, -0.05) is 29.8 Å². The maximum Gasteiger partial charge on any atom is 0.137 e. The Balaban J connectivity index is 1.91. The van der Waals surface area contributed by atoms with Crippen LogP contribution in [0.2, 0.25) is 5.02 Å². The normalized spacial score (nSPS) is 10.4. The van der Waals surface area contributed by atoms with Crippen LogP contribution < -0.4 is 0 Å². The lowest BCUT2D eigenvalue weighted by Crippen LogP contribution is -2.05. The predicted octanol–water partition coefficient (Wildman–Crippen LogP) is 3.79. The van der Waals surface area contributed by atoms with Crippen LogP contribution in [0.3, 0.4) is 0 Å². The summed E-state index contributed by atoms with van der Waals surface area (Å²) in [5, 5.41) is 0.672. The fraction of sp³-hybridized carbons (Fsp3) is 0.250. The van der Waals surface area contributed by atoms with Gasteiger partial charge in [0.15, 0.2) is 0 Å². The van der Waals surface area contributed by atoms with E-state index in [1.165, 1.54) is 0 Å². The Labute approximate surface area is 118 Å². The van der Waals surface area contributed by atoms with Crippen molar-refractivity contribution in [2.45, 2.75) is 26.2 Å². The van der Waals surface area contributed by atoms with Crippen molar-refractivity contribution in [2.75, 3.05) is 0 Å². The molecule has 98 valence electrons. The first-order valence-corrected chi connectivity index (χ1v) is 6.69. The van der Waals surface area contributed by atoms with Gasteiger partial charge in [0, 0.05) is 29.8 Å². The van der Waals surface area contributed by atoms with E-state index in [0.29, 0.717) is 24.3 Å². The number of Topliss-reactive ketones (excluding diaryl/α,β-unsaturated/α-hetero) is 1. The third-order valence-corrected chi connectivity index (χ3v) is 3.33. The zero-order valence-electron chi connectivity index (χ0n) is 10.9. The van der Waals surface area contributed by atoms with E-state index in [0.717, 1.165) is 16.8 Å². The molecule has 2 nitrogen and oxygen atoms in total. The van der Waals surface area contributed by atoms with Crippen LogP contribution in [0.4, 0.5) is 0 Å². The Morgan fingerprint density at radius 3 is 2.79 bits per heavy atom. The molecule has 1 aromatic carbocycles. The minimum Gasteiger partial charge on any atom is -0.299 e. The molecule has 0 radical (unpaired) electrons. The molecule has 0 unspecified atom stereocenters. The summed E-state index contributed by atoms with van der Waals surface area (Å²) in [6.07, 6.45) is 3.33. The maximum absolute atomic E-state index is 11.9. The number of benzene rings is 1. The Hall–Kier alpha value is -1.67. The predicted molar refractivity (Wildman–Crippen MR) is 77.5 cm³/mol. The van der Waals surface area contributed by atoms with Crippen molar-refractivity contribution >= 4 is 17.4 Å². The number of hydrogen-bond donors (Lipinski definition) is 0. The van der Waals surface area contributed by atoms with Crippen LogP contribution in [0.15, 0.2) is 42.6 Å². The van der Waals surface area contributed by atoms with E-state index in [2.05, 4.69) is 4.98 Å². The smallest absolute Gasteiger partial charge is 0.137 e. The van der Waals surface area contributed by atoms with E-state index in [4.69, 9.17) is 11.6 Å². The molecule has 0 N–H and O–H groups in total. The third-order valence-electron chi connectivity index (χ3n) is 2.98. The molecule has 0 aliphatic rings. The highest BCUT2D eigenvalue weighted by molar-refractivity contribution is 6.31. The van der Waals surface area contributed by atoms with Gasteiger partial charge in [0.2, 0.25) is 0 Å². The van der Waals surface area contributed by atoms with Crippen molar-refractivity contribution in [2.24, 2.45) is 0 Å². The summed E-state index contributed by atoms with van der Waals surface area (Å²) in [5.41, 5.74) is 2.96. The molecule has 0 aliphatic heterocycles. The van der Waals surface area contributed by atoms with Crippen LogP contribution in [0, 0.1) is 6.92 Å². The van der Waals surface area contributed by atoms with Crippen LogP contribution in [-0.4, -0.2) is 10.8 Å². The molecule has 0 bridgehead atoms. The second-order valence-corrected chi connectivity index (χ2v) is 5.04. The molecule has 19 heavy (non-hydrogen) atoms. The van der Waals surface area contributed by atoms with Gasteiger partial charge in [0.05, 0.1) is 0 Å². The first-order valence-electron chi connectivity index (χ1n) is 6.32. The highest BCUT2D eigenvalue weighted by Gasteiger charge is 2.08. The van der Waals surface area contributed by atoms with Crippen LogP contribution in [0.5, 0.6) is 0 Å². The Morgan fingerprint density at radius 2 is 2.11 bits per heavy atom. The van der Waals surface area contributed by atoms with Gasteiger partial charge in [-0.3, -0.25) is 9.78 Å². The second-order valence-electron chi connectivity index (χ2n) is 4.63. The van der Waals surface area contributed by atoms with Gasteiger partial charge in [-0.25, -0.2) is 0 Å². The molecule has 1 heterocycles. The molecule has 0 saturated heterocycles. The van der Waals surface area contributed by atoms with Gasteiger partial charge >= 0.3 is 0 Å². The third kappa shape index (κ3) is 4.18. The molecular formula is C16H16ClNO. The summed E-state index contributed by atoms with van der Waals surface area (Å²) in [6, 6.07) is 11.5. The van der Waals surface area contributed by atoms with Gasteiger partial charge in [-0.15, -0.1) is 0 Å². The number of halogens is 1. The molecule has 0 saturated carbocycles. The van der Waals surface area contributed by atoms with Crippen LogP contribution in [-0.2, 0) is 17.6 Å². The Bertz CT molecular complexity index is 566. The highest BCUT2D eigenvalue weighted by Crippen LogP contribution is 2.18. The number of aromatic nitrogens is 1. The summed E-state index contributed by atoms with van der Waals surface area (Å²) in [5.74, 6) is 0.191. The SMILES string of the molecule is Cc1ccc(CC(=O)CCc2ccccn2)c(Cl)c1. The van der Waals surface area contributed by atoms with Gasteiger partial charge in [-0.2, -0.15) is 0 Å². The number of aryl methyl sites for hydroxylation is 2. The lowest BCUT2D eigenvalue weighted by atomic mass is 10.0. The summed E-state index contributed by atoms with van der Waals surface area (Å²) < 4.78 is 0. The monoisotopic (exact) mass is 273 g/mol. The van der Waals surface area contributed by atoms with E-state index in [1.807, 2.05) is 43.3 Å². The molecule has 1 aromatic heterocycles. The second kappa shape index (κ2) is 6.48. The van der Waals surface area contributed by atoms with Crippen LogP contribution in [0.25, 0.3) is 0 Å². The van der Waals surface area contributed by atoms with Gasteiger partial charge in [0.1, 0.15) is 5.78 Å². The fourth-order valence-corrected chi connectivity index (χ4v) is 2.21. The van der Waals surface area contributed by atoms with Gasteiger partial charge < -0.3 is 0 Å². The van der Waals surface area contributed by atoms with Crippen LogP contribution in [0.1, 0.15) is 23.2 Å². The van der Waals surface area contributed by atoms with Crippen molar-refractivity contribution in [1.82, 2.24) is 4.98 Å². The molecule has 0 aliphatic carbocycles. The Morgan fingerprint density at radius 1 is 1.26 bits per heavy atom. The molecule has 0 spiro atoms. The average Bonchev–Trinajstić information content (AvgIpc) is 2.41. The maximum atomic E-state index is 11.9. The van der Waals surface area contributed by atoms with Crippen molar-refractivity contribution < 1.29 is 4.79 Å². The van der Waals surface area contributed by atoms with Crippen molar-refractivity contribution in [3.63, 3.8) is 0 Å². The lowest BCUT2D eigenvalue weighted by molar-refractivity contribution is -0.118. The summed E-state index contributed by atoms with van der Waals surface area (Å²) in [6.45, 7) is 1.98. The number of pyridine rings is 1. The number of carbonyl (C=O) groups is 1. The van der Waals surface area contributed by atoms with E-state index in [9.17, 15) is 4.79 Å². The van der Waals surface area contributed by atoms with Crippen molar-refractivity contribution in [3.8, 4) is 0 Å². The summed E-state index contributed by atoms with van der Waals surface area (Å²) >= 11 is 6.13. The largest absolute Gasteiger partial charge is 0.299 e. The Kier molecular flexibility index (Phi) is 4.69. The molecule has 2 rings (SSSR count). The number of ketones is 1. The summed E-state index contributed by atoms with van der Waals surface area (Å²) in [7, 11) is 0. The average molecular weight is 274 g/mol. The van der Waals surface area contributed by atoms with Crippen molar-refractivity contribution in [3.05, 3.63) is 64.4 Å². The molecular weight excluding hydrogens is 258 g/mol. The number of nitrogens with zero attached hydrogens (tertiary/aromatic N) is 1. The quantitative estimate of drug-likeness (QED) is 0.830. The van der Waals surface area contributed by atoms with E-state index < -0.39 is 0 Å². The zero-order valence-corrected chi connectivity index (χ0v) is 11.7. The van der Waals surface area contributed by atoms with Gasteiger partial charge in [0.25, 0.3) is 0 Å². The fourth-order valence-electron chi connectivity index (χ4n) is 1.91. The van der Waals surface area contributed by atoms with E-state index in [1.54, 1.807) is 6.20 Å². The van der Waals surface area contributed by atoms with E-state index in [-0.39, 0.29) is 5.78 Å². The number of hydrogen-bond acceptors (Lipinski definition) is 2. The van der Waals surface area contributed by atoms with Gasteiger partial charge in [-0.05, 0) is 42.7 Å². The minimum atomic E-state index is 0.191. The zero-order chi connectivity index (χ0) is 13.7. The minimum absolute atomic E-state index is 0.191. The van der Waals surface area contributed by atoms with Crippen LogP contribution >= 0.6 is 11.6 Å². The highest BCUT2D eigenvalue weighted by atomic mass is 35.5. The molecule has 0 amide bonds. The number of rotatable bonds is 5. The van der Waals surface area contributed by atoms with Crippen molar-refractivity contribution in [1.29, 1.82) is 0 Å². The molecule has 0 atom stereocenters. The number of carbonyl (C=O) groups excluding carboxylic acids is 1. The summed E-state index contributed by atoms with van der Waals surface area (Å²) in [4.78, 5) is 16.1. The first-order chi connectivity index (χ1) is 9.15. The topological polar surface area (TPSA) is 30.0 Å². The molecule has 2 aromatic rings. The standard InChI is InChI=1S/C16H16ClNO/c1-12-5-6-13(16(17)10-12)11-15(19)8-7-14-4-2-3-9-18-14/h2-6,9-10H,7-8,11H2,1H3. The molecule has 3 heteroatoms. The van der Waals surface area contributed by atoms with E-state index >= 15 is 0 Å². The first kappa shape index (κ1) is 13.8. The lowest BCUT2D eigenvalue weighted by Gasteiger charge is -2.05. The molecule has 0 fully saturated rings.